The van der Waals surface area contributed by atoms with Crippen LogP contribution in [0.2, 0.25) is 0 Å². The minimum Gasteiger partial charge on any atom is -0.460 e. The molecule has 0 aromatic rings. The average Bonchev–Trinajstić information content (AvgIpc) is 3.31. The number of aliphatic hydroxyl groups is 1. The van der Waals surface area contributed by atoms with Crippen molar-refractivity contribution in [3.8, 4) is 11.8 Å². The topological polar surface area (TPSA) is 89.9 Å². The second-order valence-corrected chi connectivity index (χ2v) is 15.6. The molecule has 284 valence electrons. The Hall–Kier alpha value is -3.79. The van der Waals surface area contributed by atoms with Crippen molar-refractivity contribution in [2.45, 2.75) is 145 Å². The van der Waals surface area contributed by atoms with Gasteiger partial charge in [0.05, 0.1) is 17.8 Å². The van der Waals surface area contributed by atoms with Crippen LogP contribution in [0.3, 0.4) is 0 Å². The summed E-state index contributed by atoms with van der Waals surface area (Å²) in [6, 6.07) is 0. The van der Waals surface area contributed by atoms with Gasteiger partial charge in [0.2, 0.25) is 0 Å². The molecular formula is C46H64O6. The highest BCUT2D eigenvalue weighted by atomic mass is 16.5. The van der Waals surface area contributed by atoms with Gasteiger partial charge in [-0.05, 0) is 84.8 Å². The van der Waals surface area contributed by atoms with Crippen LogP contribution in [0.4, 0.5) is 0 Å². The van der Waals surface area contributed by atoms with Gasteiger partial charge >= 0.3 is 5.97 Å². The van der Waals surface area contributed by atoms with E-state index in [2.05, 4.69) is 39.5 Å². The van der Waals surface area contributed by atoms with Crippen LogP contribution in [0.25, 0.3) is 0 Å². The number of hydrogen-bond acceptors (Lipinski definition) is 6. The SMILES string of the molecule is CCCCCC(=O)OC\C(C#CC1=C(C)C[C@@H](O)CC1(C)C)=C/C=C/C(C)=C/C=C/C=C(C)/C=C/C=C(\C)C(=O)CC1(C)OC(CC(C)=O)CC1C. The zero-order chi connectivity index (χ0) is 38.9. The molecule has 6 heteroatoms. The summed E-state index contributed by atoms with van der Waals surface area (Å²) in [6.07, 6.45) is 25.1. The first-order valence-corrected chi connectivity index (χ1v) is 19.0. The highest BCUT2D eigenvalue weighted by Crippen LogP contribution is 2.41. The standard InChI is InChI=1S/C46H64O6/c1-11-12-13-24-44(50)51-32-39(25-26-42-36(5)27-40(48)30-45(42,8)9)23-17-21-34(3)19-15-14-18-33(2)20-16-22-35(4)43(49)31-46(10)37(6)28-41(52-46)29-38(7)47/h14-23,37,40-41,48H,11-13,24,27-32H2,1-10H3/b15-14+,20-16+,21-17+,33-18+,34-19+,35-22+,39-23-/t37?,40-,41?,46?/m1/s1. The fourth-order valence-electron chi connectivity index (χ4n) is 6.68. The Labute approximate surface area is 314 Å². The first-order valence-electron chi connectivity index (χ1n) is 19.0. The molecule has 0 aromatic carbocycles. The lowest BCUT2D eigenvalue weighted by atomic mass is 9.72. The van der Waals surface area contributed by atoms with Crippen LogP contribution in [0.15, 0.2) is 94.2 Å². The molecule has 0 spiro atoms. The number of hydrogen-bond donors (Lipinski definition) is 1. The molecule has 1 N–H and O–H groups in total. The van der Waals surface area contributed by atoms with Crippen molar-refractivity contribution in [1.29, 1.82) is 0 Å². The van der Waals surface area contributed by atoms with E-state index in [-0.39, 0.29) is 47.7 Å². The Morgan fingerprint density at radius 3 is 2.17 bits per heavy atom. The Kier molecular flexibility index (Phi) is 18.5. The zero-order valence-corrected chi connectivity index (χ0v) is 33.6. The molecule has 52 heavy (non-hydrogen) atoms. The fourth-order valence-corrected chi connectivity index (χ4v) is 6.68. The summed E-state index contributed by atoms with van der Waals surface area (Å²) in [7, 11) is 0. The lowest BCUT2D eigenvalue weighted by Crippen LogP contribution is -2.34. The zero-order valence-electron chi connectivity index (χ0n) is 33.6. The molecule has 0 amide bonds. The van der Waals surface area contributed by atoms with Gasteiger partial charge in [0.25, 0.3) is 0 Å². The first kappa shape index (κ1) is 44.4. The highest BCUT2D eigenvalue weighted by molar-refractivity contribution is 5.95. The minimum atomic E-state index is -0.554. The van der Waals surface area contributed by atoms with Crippen molar-refractivity contribution < 1.29 is 29.0 Å². The van der Waals surface area contributed by atoms with E-state index in [0.717, 1.165) is 53.5 Å². The third kappa shape index (κ3) is 15.8. The van der Waals surface area contributed by atoms with Crippen LogP contribution in [0.5, 0.6) is 0 Å². The average molecular weight is 713 g/mol. The van der Waals surface area contributed by atoms with Crippen molar-refractivity contribution in [3.63, 3.8) is 0 Å². The Morgan fingerprint density at radius 1 is 0.942 bits per heavy atom. The van der Waals surface area contributed by atoms with E-state index >= 15 is 0 Å². The maximum absolute atomic E-state index is 13.0. The first-order chi connectivity index (χ1) is 24.5. The van der Waals surface area contributed by atoms with E-state index in [1.807, 2.05) is 95.4 Å². The maximum Gasteiger partial charge on any atom is 0.306 e. The van der Waals surface area contributed by atoms with Crippen molar-refractivity contribution >= 4 is 17.5 Å². The van der Waals surface area contributed by atoms with Gasteiger partial charge < -0.3 is 14.6 Å². The summed E-state index contributed by atoms with van der Waals surface area (Å²) in [6.45, 7) is 20.0. The Bertz CT molecular complexity index is 1580. The van der Waals surface area contributed by atoms with Crippen LogP contribution in [0.1, 0.15) is 127 Å². The van der Waals surface area contributed by atoms with E-state index in [9.17, 15) is 19.5 Å². The summed E-state index contributed by atoms with van der Waals surface area (Å²) >= 11 is 0. The van der Waals surface area contributed by atoms with Gasteiger partial charge in [0.15, 0.2) is 5.78 Å². The highest BCUT2D eigenvalue weighted by Gasteiger charge is 2.44. The van der Waals surface area contributed by atoms with E-state index in [0.29, 0.717) is 37.7 Å². The largest absolute Gasteiger partial charge is 0.460 e. The number of ketones is 2. The molecule has 0 aromatic heterocycles. The number of ether oxygens (including phenoxy) is 2. The summed E-state index contributed by atoms with van der Waals surface area (Å²) in [5, 5.41) is 10.3. The molecule has 1 fully saturated rings. The molecule has 2 rings (SSSR count). The normalized spacial score (nSPS) is 24.6. The van der Waals surface area contributed by atoms with Gasteiger partial charge in [0, 0.05) is 35.8 Å². The van der Waals surface area contributed by atoms with Gasteiger partial charge in [0.1, 0.15) is 12.4 Å². The Balaban J connectivity index is 2.04. The minimum absolute atomic E-state index is 0.0523. The van der Waals surface area contributed by atoms with Crippen LogP contribution >= 0.6 is 0 Å². The number of carbonyl (C=O) groups is 3. The number of unbranched alkanes of at least 4 members (excludes halogenated alkanes) is 2. The van der Waals surface area contributed by atoms with Gasteiger partial charge in [-0.25, -0.2) is 0 Å². The number of rotatable bonds is 17. The van der Waals surface area contributed by atoms with Crippen LogP contribution in [-0.2, 0) is 23.9 Å². The molecule has 3 unspecified atom stereocenters. The quantitative estimate of drug-likeness (QED) is 0.0531. The van der Waals surface area contributed by atoms with Crippen LogP contribution in [-0.4, -0.2) is 47.1 Å². The lowest BCUT2D eigenvalue weighted by Gasteiger charge is -2.34. The van der Waals surface area contributed by atoms with Gasteiger partial charge in [-0.15, -0.1) is 0 Å². The third-order valence-corrected chi connectivity index (χ3v) is 9.86. The molecule has 1 aliphatic heterocycles. The molecule has 4 atom stereocenters. The molecule has 1 saturated heterocycles. The number of esters is 1. The smallest absolute Gasteiger partial charge is 0.306 e. The maximum atomic E-state index is 13.0. The van der Waals surface area contributed by atoms with Crippen molar-refractivity contribution in [1.82, 2.24) is 0 Å². The van der Waals surface area contributed by atoms with E-state index in [4.69, 9.17) is 9.47 Å². The molecule has 0 saturated carbocycles. The van der Waals surface area contributed by atoms with Gasteiger partial charge in [-0.3, -0.25) is 14.4 Å². The molecule has 1 heterocycles. The molecule has 0 bridgehead atoms. The Morgan fingerprint density at radius 2 is 1.58 bits per heavy atom. The summed E-state index contributed by atoms with van der Waals surface area (Å²) in [4.78, 5) is 36.8. The number of allylic oxidation sites excluding steroid dienone is 14. The molecular weight excluding hydrogens is 649 g/mol. The fraction of sp³-hybridized carbons (Fsp3) is 0.543. The summed E-state index contributed by atoms with van der Waals surface area (Å²) in [5.41, 5.74) is 4.84. The second-order valence-electron chi connectivity index (χ2n) is 15.6. The van der Waals surface area contributed by atoms with Crippen LogP contribution < -0.4 is 0 Å². The van der Waals surface area contributed by atoms with E-state index < -0.39 is 5.60 Å². The molecule has 1 aliphatic carbocycles. The van der Waals surface area contributed by atoms with Gasteiger partial charge in [-0.1, -0.05) is 124 Å². The summed E-state index contributed by atoms with van der Waals surface area (Å²) in [5.74, 6) is 6.78. The molecule has 6 nitrogen and oxygen atoms in total. The second kappa shape index (κ2) is 21.7. The van der Waals surface area contributed by atoms with Crippen LogP contribution in [0, 0.1) is 23.2 Å². The molecule has 2 aliphatic rings. The van der Waals surface area contributed by atoms with Gasteiger partial charge in [-0.2, -0.15) is 0 Å². The third-order valence-electron chi connectivity index (χ3n) is 9.86. The lowest BCUT2D eigenvalue weighted by molar-refractivity contribution is -0.142. The number of aliphatic hydroxyl groups excluding tert-OH is 1. The van der Waals surface area contributed by atoms with Crippen molar-refractivity contribution in [3.05, 3.63) is 94.2 Å². The molecule has 0 radical (unpaired) electrons. The number of Topliss-reactive ketones (excluding diaryl/α,β-unsaturated/α-hetero) is 2. The van der Waals surface area contributed by atoms with E-state index in [1.54, 1.807) is 6.92 Å². The van der Waals surface area contributed by atoms with Crippen molar-refractivity contribution in [2.75, 3.05) is 6.61 Å². The monoisotopic (exact) mass is 712 g/mol. The van der Waals surface area contributed by atoms with E-state index in [1.165, 1.54) is 0 Å². The summed E-state index contributed by atoms with van der Waals surface area (Å²) < 4.78 is 11.7. The van der Waals surface area contributed by atoms with Crippen molar-refractivity contribution in [2.24, 2.45) is 11.3 Å². The number of carbonyl (C=O) groups excluding carboxylic acids is 3. The predicted molar refractivity (Wildman–Crippen MR) is 213 cm³/mol. The predicted octanol–water partition coefficient (Wildman–Crippen LogP) is 10.2.